The molecule has 5 aliphatic carbocycles. The number of aromatic nitrogens is 1. The molecule has 0 saturated heterocycles. The van der Waals surface area contributed by atoms with E-state index in [0.29, 0.717) is 36.5 Å². The summed E-state index contributed by atoms with van der Waals surface area (Å²) >= 11 is 6.83. The van der Waals surface area contributed by atoms with Gasteiger partial charge in [0.2, 0.25) is 5.91 Å². The lowest BCUT2D eigenvalue weighted by Gasteiger charge is -2.72. The van der Waals surface area contributed by atoms with Crippen LogP contribution in [0.1, 0.15) is 118 Å². The molecule has 7 heteroatoms. The van der Waals surface area contributed by atoms with Crippen LogP contribution in [0.15, 0.2) is 46.5 Å². The number of nitrogens with zero attached hydrogens (tertiary/aromatic N) is 1. The van der Waals surface area contributed by atoms with Crippen LogP contribution in [-0.2, 0) is 11.3 Å². The summed E-state index contributed by atoms with van der Waals surface area (Å²) in [4.78, 5) is 14.0. The van der Waals surface area contributed by atoms with Crippen molar-refractivity contribution < 1.29 is 19.2 Å². The maximum absolute atomic E-state index is 14.0. The van der Waals surface area contributed by atoms with E-state index in [9.17, 15) is 9.90 Å². The van der Waals surface area contributed by atoms with E-state index in [2.05, 4.69) is 65.0 Å². The monoisotopic (exact) mass is 676 g/mol. The fraction of sp³-hybridized carbons (Fsp3) is 0.707. The third kappa shape index (κ3) is 4.81. The molecule has 1 aromatic heterocycles. The van der Waals surface area contributed by atoms with Crippen LogP contribution in [0.5, 0.6) is 5.75 Å². The van der Waals surface area contributed by atoms with Crippen molar-refractivity contribution in [2.75, 3.05) is 7.11 Å². The Morgan fingerprint density at radius 1 is 0.979 bits per heavy atom. The molecule has 262 valence electrons. The minimum absolute atomic E-state index is 0.0966. The van der Waals surface area contributed by atoms with Crippen molar-refractivity contribution in [3.8, 4) is 17.0 Å². The number of hydrogen-bond acceptors (Lipinski definition) is 5. The lowest BCUT2D eigenvalue weighted by atomic mass is 9.33. The molecule has 9 atom stereocenters. The number of halogens is 1. The predicted octanol–water partition coefficient (Wildman–Crippen LogP) is 9.70. The number of carbonyl (C=O) groups excluding carboxylic acids is 1. The lowest BCUT2D eigenvalue weighted by molar-refractivity contribution is -0.212. The van der Waals surface area contributed by atoms with E-state index in [1.165, 1.54) is 19.3 Å². The van der Waals surface area contributed by atoms with Crippen LogP contribution in [0.25, 0.3) is 11.3 Å². The van der Waals surface area contributed by atoms with E-state index in [1.807, 2.05) is 30.3 Å². The van der Waals surface area contributed by atoms with E-state index >= 15 is 0 Å². The van der Waals surface area contributed by atoms with Crippen molar-refractivity contribution in [2.24, 2.45) is 50.2 Å². The molecule has 0 spiro atoms. The first kappa shape index (κ1) is 34.2. The van der Waals surface area contributed by atoms with Gasteiger partial charge in [-0.25, -0.2) is 0 Å². The molecule has 0 aliphatic heterocycles. The third-order valence-corrected chi connectivity index (χ3v) is 16.5. The van der Waals surface area contributed by atoms with Gasteiger partial charge in [0, 0.05) is 22.5 Å². The molecule has 7 rings (SSSR count). The van der Waals surface area contributed by atoms with Crippen LogP contribution >= 0.6 is 11.6 Å². The molecule has 0 bridgehead atoms. The van der Waals surface area contributed by atoms with E-state index < -0.39 is 10.5 Å². The quantitative estimate of drug-likeness (QED) is 0.243. The minimum atomic E-state index is -1.14. The number of alkyl halides is 1. The highest BCUT2D eigenvalue weighted by atomic mass is 35.5. The molecule has 6 nitrogen and oxygen atoms in total. The molecular formula is C41H57ClN2O4. The molecule has 1 unspecified atom stereocenters. The molecule has 1 amide bonds. The van der Waals surface area contributed by atoms with Crippen LogP contribution < -0.4 is 10.1 Å². The molecule has 4 saturated carbocycles. The summed E-state index contributed by atoms with van der Waals surface area (Å²) in [5, 5.41) is 17.6. The molecule has 48 heavy (non-hydrogen) atoms. The standard InChI is InChI=1S/C41H57ClN2O4/c1-35(2)32-15-16-40(7)33(38(32,5)20-22-41(35,42)46)14-13-29-30-24-37(4,18-17-36(30,3)19-21-39(29,40)6)34(45)43-25-28-23-31(44-48-28)26-9-11-27(47-8)12-10-26/h9-13,23,30,32-33,46H,14-22,24-25H2,1-8H3,(H,43,45)/t30-,32?,33-,36-,37+,38+,39-,40-,41+/m1/s1. The number of hydrogen-bond donors (Lipinski definition) is 2. The zero-order valence-electron chi connectivity index (χ0n) is 30.5. The average molecular weight is 677 g/mol. The van der Waals surface area contributed by atoms with Crippen LogP contribution in [0.2, 0.25) is 0 Å². The van der Waals surface area contributed by atoms with E-state index in [0.717, 1.165) is 55.5 Å². The summed E-state index contributed by atoms with van der Waals surface area (Å²) in [5.74, 6) is 2.91. The topological polar surface area (TPSA) is 84.6 Å². The van der Waals surface area contributed by atoms with Gasteiger partial charge in [0.05, 0.1) is 13.7 Å². The van der Waals surface area contributed by atoms with Gasteiger partial charge in [0.15, 0.2) is 5.76 Å². The Balaban J connectivity index is 1.11. The Labute approximate surface area is 292 Å². The van der Waals surface area contributed by atoms with Crippen molar-refractivity contribution in [3.05, 3.63) is 47.7 Å². The number of benzene rings is 1. The molecule has 1 aromatic carbocycles. The third-order valence-electron chi connectivity index (χ3n) is 15.9. The Morgan fingerprint density at radius 3 is 2.40 bits per heavy atom. The highest BCUT2D eigenvalue weighted by molar-refractivity contribution is 6.23. The number of ether oxygens (including phenoxy) is 1. The maximum Gasteiger partial charge on any atom is 0.226 e. The molecule has 0 radical (unpaired) electrons. The Morgan fingerprint density at radius 2 is 1.69 bits per heavy atom. The second-order valence-corrected chi connectivity index (χ2v) is 19.0. The van der Waals surface area contributed by atoms with Gasteiger partial charge >= 0.3 is 0 Å². The molecule has 4 fully saturated rings. The SMILES string of the molecule is COc1ccc(-c2cc(CNC(=O)[C@@]3(C)CC[C@]4(C)CC[C@]5(C)C(=CC[C@@H]6[C@@]7(C)CC[C@@](O)(Cl)C(C)(C)C7CC[C@]65C)[C@H]4C3)on2)cc1. The molecular weight excluding hydrogens is 620 g/mol. The number of rotatable bonds is 5. The van der Waals surface area contributed by atoms with Gasteiger partial charge in [0.1, 0.15) is 16.5 Å². The van der Waals surface area contributed by atoms with Crippen molar-refractivity contribution in [2.45, 2.75) is 124 Å². The number of methoxy groups -OCH3 is 1. The van der Waals surface area contributed by atoms with Gasteiger partial charge in [-0.3, -0.25) is 4.79 Å². The summed E-state index contributed by atoms with van der Waals surface area (Å²) in [6.07, 6.45) is 12.9. The largest absolute Gasteiger partial charge is 0.497 e. The molecule has 2 N–H and O–H groups in total. The van der Waals surface area contributed by atoms with Gasteiger partial charge in [-0.15, -0.1) is 0 Å². The number of aliphatic hydroxyl groups is 1. The summed E-state index contributed by atoms with van der Waals surface area (Å²) < 4.78 is 10.9. The Hall–Kier alpha value is -2.31. The molecule has 1 heterocycles. The van der Waals surface area contributed by atoms with E-state index in [-0.39, 0.29) is 33.0 Å². The molecule has 5 aliphatic rings. The Kier molecular flexibility index (Phi) is 7.89. The van der Waals surface area contributed by atoms with Crippen molar-refractivity contribution in [3.63, 3.8) is 0 Å². The zero-order chi connectivity index (χ0) is 34.5. The second kappa shape index (κ2) is 11.1. The van der Waals surface area contributed by atoms with Crippen LogP contribution in [0, 0.1) is 50.2 Å². The zero-order valence-corrected chi connectivity index (χ0v) is 31.2. The summed E-state index contributed by atoms with van der Waals surface area (Å²) in [6, 6.07) is 9.64. The Bertz CT molecular complexity index is 1610. The van der Waals surface area contributed by atoms with Crippen molar-refractivity contribution in [1.29, 1.82) is 0 Å². The predicted molar refractivity (Wildman–Crippen MR) is 190 cm³/mol. The normalized spacial score (nSPS) is 43.1. The molecule has 2 aromatic rings. The van der Waals surface area contributed by atoms with Crippen LogP contribution in [0.4, 0.5) is 0 Å². The summed E-state index contributed by atoms with van der Waals surface area (Å²) in [7, 11) is 1.65. The second-order valence-electron chi connectivity index (χ2n) is 18.3. The summed E-state index contributed by atoms with van der Waals surface area (Å²) in [6.45, 7) is 17.1. The first-order chi connectivity index (χ1) is 22.4. The van der Waals surface area contributed by atoms with Crippen LogP contribution in [-0.4, -0.2) is 28.3 Å². The number of allylic oxidation sites excluding steroid dienone is 2. The fourth-order valence-corrected chi connectivity index (χ4v) is 12.4. The highest BCUT2D eigenvalue weighted by Crippen LogP contribution is 2.76. The van der Waals surface area contributed by atoms with Crippen molar-refractivity contribution >= 4 is 17.5 Å². The van der Waals surface area contributed by atoms with Crippen LogP contribution in [0.3, 0.4) is 0 Å². The van der Waals surface area contributed by atoms with Gasteiger partial charge in [-0.1, -0.05) is 76.9 Å². The summed E-state index contributed by atoms with van der Waals surface area (Å²) in [5.41, 5.74) is 3.18. The maximum atomic E-state index is 14.0. The number of fused-ring (bicyclic) bond motifs is 7. The van der Waals surface area contributed by atoms with Crippen molar-refractivity contribution in [1.82, 2.24) is 10.5 Å². The first-order valence-corrected chi connectivity index (χ1v) is 18.8. The number of amides is 1. The number of carbonyl (C=O) groups is 1. The fourth-order valence-electron chi connectivity index (χ4n) is 12.2. The van der Waals surface area contributed by atoms with Gasteiger partial charge in [-0.2, -0.15) is 0 Å². The minimum Gasteiger partial charge on any atom is -0.497 e. The van der Waals surface area contributed by atoms with Gasteiger partial charge < -0.3 is 19.7 Å². The van der Waals surface area contributed by atoms with Gasteiger partial charge in [0.25, 0.3) is 0 Å². The smallest absolute Gasteiger partial charge is 0.226 e. The van der Waals surface area contributed by atoms with E-state index in [4.69, 9.17) is 20.9 Å². The average Bonchev–Trinajstić information content (AvgIpc) is 3.52. The number of nitrogens with one attached hydrogen (secondary N) is 1. The highest BCUT2D eigenvalue weighted by Gasteiger charge is 2.69. The lowest BCUT2D eigenvalue weighted by Crippen LogP contribution is -2.66. The first-order valence-electron chi connectivity index (χ1n) is 18.4. The van der Waals surface area contributed by atoms with E-state index in [1.54, 1.807) is 12.7 Å². The van der Waals surface area contributed by atoms with Gasteiger partial charge in [-0.05, 0) is 128 Å².